The molecule has 39 heavy (non-hydrogen) atoms. The van der Waals surface area contributed by atoms with Crippen LogP contribution in [-0.4, -0.2) is 69.4 Å². The molecule has 0 aliphatic carbocycles. The van der Waals surface area contributed by atoms with E-state index in [4.69, 9.17) is 9.47 Å². The van der Waals surface area contributed by atoms with Gasteiger partial charge in [0.1, 0.15) is 11.8 Å². The molecule has 2 atom stereocenters. The smallest absolute Gasteiger partial charge is 0.414 e. The predicted molar refractivity (Wildman–Crippen MR) is 128 cm³/mol. The van der Waals surface area contributed by atoms with Gasteiger partial charge in [-0.2, -0.15) is 26.3 Å². The monoisotopic (exact) mass is 562 g/mol. The van der Waals surface area contributed by atoms with Gasteiger partial charge in [-0.1, -0.05) is 20.8 Å². The van der Waals surface area contributed by atoms with E-state index in [0.717, 1.165) is 12.3 Å². The maximum absolute atomic E-state index is 14.4. The van der Waals surface area contributed by atoms with Crippen molar-refractivity contribution in [2.75, 3.05) is 20.8 Å². The Hall–Kier alpha value is -3.78. The summed E-state index contributed by atoms with van der Waals surface area (Å²) in [5.41, 5.74) is -1.61. The number of carbonyl (C=O) groups excluding carboxylic acids is 1. The first-order valence-corrected chi connectivity index (χ1v) is 11.7. The largest absolute Gasteiger partial charge is 0.494 e. The predicted octanol–water partition coefficient (Wildman–Crippen LogP) is 5.42. The molecule has 0 bridgehead atoms. The molecule has 214 valence electrons. The van der Waals surface area contributed by atoms with Crippen molar-refractivity contribution in [3.8, 4) is 22.9 Å². The Morgan fingerprint density at radius 2 is 1.74 bits per heavy atom. The van der Waals surface area contributed by atoms with Gasteiger partial charge >= 0.3 is 18.4 Å². The van der Waals surface area contributed by atoms with Crippen molar-refractivity contribution in [1.29, 1.82) is 0 Å². The summed E-state index contributed by atoms with van der Waals surface area (Å²) in [6.07, 6.45) is -4.44. The third kappa shape index (κ3) is 6.28. The number of nitrogens with one attached hydrogen (secondary N) is 1. The molecular formula is C24H28F6N6O3. The minimum Gasteiger partial charge on any atom is -0.494 e. The van der Waals surface area contributed by atoms with Crippen molar-refractivity contribution in [3.63, 3.8) is 0 Å². The fourth-order valence-electron chi connectivity index (χ4n) is 4.08. The highest BCUT2D eigenvalue weighted by atomic mass is 19.4. The summed E-state index contributed by atoms with van der Waals surface area (Å²) in [7, 11) is 2.63. The number of fused-ring (bicyclic) bond motifs is 1. The number of carbonyl (C=O) groups is 1. The van der Waals surface area contributed by atoms with Crippen molar-refractivity contribution in [1.82, 2.24) is 29.6 Å². The van der Waals surface area contributed by atoms with Gasteiger partial charge in [0.05, 0.1) is 31.8 Å². The van der Waals surface area contributed by atoms with E-state index in [-0.39, 0.29) is 27.8 Å². The van der Waals surface area contributed by atoms with E-state index in [2.05, 4.69) is 15.0 Å². The number of ether oxygens (including phenoxy) is 2. The van der Waals surface area contributed by atoms with E-state index in [9.17, 15) is 31.1 Å². The Kier molecular flexibility index (Phi) is 8.22. The van der Waals surface area contributed by atoms with Crippen LogP contribution in [0.2, 0.25) is 0 Å². The van der Waals surface area contributed by atoms with Gasteiger partial charge in [-0.3, -0.25) is 4.98 Å². The minimum absolute atomic E-state index is 0.0612. The number of pyridine rings is 1. The number of amides is 2. The summed E-state index contributed by atoms with van der Waals surface area (Å²) >= 11 is 0. The Morgan fingerprint density at radius 1 is 1.08 bits per heavy atom. The summed E-state index contributed by atoms with van der Waals surface area (Å²) in [5.74, 6) is 0.145. The molecule has 0 aliphatic heterocycles. The highest BCUT2D eigenvalue weighted by Gasteiger charge is 2.51. The topological polar surface area (TPSA) is 93.9 Å². The number of hydrogen-bond acceptors (Lipinski definition) is 6. The number of urea groups is 1. The minimum atomic E-state index is -5.10. The lowest BCUT2D eigenvalue weighted by molar-refractivity contribution is -0.184. The molecule has 2 amide bonds. The zero-order valence-corrected chi connectivity index (χ0v) is 22.0. The van der Waals surface area contributed by atoms with Gasteiger partial charge in [0.2, 0.25) is 0 Å². The van der Waals surface area contributed by atoms with E-state index in [1.165, 1.54) is 58.7 Å². The van der Waals surface area contributed by atoms with Crippen LogP contribution in [0.15, 0.2) is 30.9 Å². The van der Waals surface area contributed by atoms with Crippen molar-refractivity contribution in [3.05, 3.63) is 36.5 Å². The fraction of sp³-hybridized carbons (Fsp3) is 0.500. The van der Waals surface area contributed by atoms with Gasteiger partial charge < -0.3 is 24.1 Å². The lowest BCUT2D eigenvalue weighted by atomic mass is 9.86. The quantitative estimate of drug-likeness (QED) is 0.387. The van der Waals surface area contributed by atoms with Crippen LogP contribution in [0.4, 0.5) is 31.1 Å². The number of methoxy groups -OCH3 is 2. The van der Waals surface area contributed by atoms with Crippen LogP contribution in [0.1, 0.15) is 39.4 Å². The van der Waals surface area contributed by atoms with Crippen molar-refractivity contribution in [2.24, 2.45) is 5.41 Å². The molecule has 0 spiro atoms. The Bertz CT molecular complexity index is 1300. The molecule has 15 heteroatoms. The molecule has 9 nitrogen and oxygen atoms in total. The average Bonchev–Trinajstić information content (AvgIpc) is 3.31. The lowest BCUT2D eigenvalue weighted by Gasteiger charge is -2.37. The highest BCUT2D eigenvalue weighted by molar-refractivity contribution is 5.76. The molecule has 0 fully saturated rings. The van der Waals surface area contributed by atoms with E-state index < -0.39 is 48.1 Å². The summed E-state index contributed by atoms with van der Waals surface area (Å²) in [4.78, 5) is 25.5. The third-order valence-electron chi connectivity index (χ3n) is 5.89. The number of nitrogens with zero attached hydrogens (tertiary/aromatic N) is 5. The number of alkyl halides is 6. The summed E-state index contributed by atoms with van der Waals surface area (Å²) in [6.45, 7) is 4.32. The van der Waals surface area contributed by atoms with Crippen LogP contribution < -0.4 is 14.8 Å². The molecule has 3 aromatic heterocycles. The third-order valence-corrected chi connectivity index (χ3v) is 5.89. The fourth-order valence-corrected chi connectivity index (χ4v) is 4.08. The van der Waals surface area contributed by atoms with Gasteiger partial charge in [-0.25, -0.2) is 14.8 Å². The number of hydrogen-bond donors (Lipinski definition) is 1. The zero-order chi connectivity index (χ0) is 29.3. The molecule has 0 aliphatic rings. The van der Waals surface area contributed by atoms with Gasteiger partial charge in [-0.05, 0) is 18.4 Å². The number of rotatable bonds is 7. The van der Waals surface area contributed by atoms with Gasteiger partial charge in [0.25, 0.3) is 5.88 Å². The molecule has 0 aromatic carbocycles. The number of aromatic nitrogens is 4. The molecule has 3 rings (SSSR count). The van der Waals surface area contributed by atoms with Crippen LogP contribution in [-0.2, 0) is 0 Å². The standard InChI is InChI=1S/C24H28F6N6O3/c1-7-36(21(37)34-20(22(2,3)4)24(28,29)30)17(23(25,26)27)14-10-13(16(38-5)11-32-14)15-12-35-9-8-31-18(35)19(33-15)39-6/h8-12,17,20H,7H2,1-6H3,(H,34,37). The normalized spacial score (nSPS) is 14.2. The Balaban J connectivity index is 2.13. The second-order valence-electron chi connectivity index (χ2n) is 9.62. The first-order valence-electron chi connectivity index (χ1n) is 11.7. The van der Waals surface area contributed by atoms with Crippen LogP contribution in [0.3, 0.4) is 0 Å². The summed E-state index contributed by atoms with van der Waals surface area (Å²) < 4.78 is 96.4. The maximum Gasteiger partial charge on any atom is 0.414 e. The first kappa shape index (κ1) is 29.8. The van der Waals surface area contributed by atoms with Gasteiger partial charge in [-0.15, -0.1) is 0 Å². The summed E-state index contributed by atoms with van der Waals surface area (Å²) in [5, 5.41) is 1.74. The van der Waals surface area contributed by atoms with Crippen molar-refractivity contribution in [2.45, 2.75) is 52.1 Å². The SMILES string of the molecule is CCN(C(=O)NC(C(C)(C)C)C(F)(F)F)C(c1cc(-c2cn3ccnc3c(OC)n2)c(OC)cn1)C(F)(F)F. The van der Waals surface area contributed by atoms with E-state index >= 15 is 0 Å². The lowest BCUT2D eigenvalue weighted by Crippen LogP contribution is -2.57. The van der Waals surface area contributed by atoms with Crippen LogP contribution >= 0.6 is 0 Å². The summed E-state index contributed by atoms with van der Waals surface area (Å²) in [6, 6.07) is -5.60. The molecule has 0 saturated heterocycles. The average molecular weight is 563 g/mol. The van der Waals surface area contributed by atoms with E-state index in [1.54, 1.807) is 11.5 Å². The van der Waals surface area contributed by atoms with Crippen LogP contribution in [0.25, 0.3) is 16.9 Å². The molecule has 0 radical (unpaired) electrons. The highest BCUT2D eigenvalue weighted by Crippen LogP contribution is 2.41. The molecule has 0 saturated carbocycles. The van der Waals surface area contributed by atoms with Gasteiger partial charge in [0.15, 0.2) is 11.7 Å². The Morgan fingerprint density at radius 3 is 2.26 bits per heavy atom. The van der Waals surface area contributed by atoms with Crippen LogP contribution in [0.5, 0.6) is 11.6 Å². The molecule has 2 unspecified atom stereocenters. The van der Waals surface area contributed by atoms with Crippen LogP contribution in [0, 0.1) is 5.41 Å². The van der Waals surface area contributed by atoms with E-state index in [1.807, 2.05) is 0 Å². The van der Waals surface area contributed by atoms with Gasteiger partial charge in [0, 0.05) is 30.7 Å². The molecule has 3 heterocycles. The molecular weight excluding hydrogens is 534 g/mol. The molecule has 1 N–H and O–H groups in total. The second-order valence-corrected chi connectivity index (χ2v) is 9.62. The number of imidazole rings is 1. The number of halogens is 6. The maximum atomic E-state index is 14.4. The molecule has 3 aromatic rings. The zero-order valence-electron chi connectivity index (χ0n) is 22.0. The van der Waals surface area contributed by atoms with Crippen molar-refractivity contribution >= 4 is 11.7 Å². The second kappa shape index (κ2) is 10.8. The first-order chi connectivity index (χ1) is 18.0. The van der Waals surface area contributed by atoms with Crippen molar-refractivity contribution < 1.29 is 40.6 Å². The Labute approximate surface area is 220 Å². The van der Waals surface area contributed by atoms with E-state index in [0.29, 0.717) is 5.65 Å².